The molecule has 2 N–H and O–H groups in total. The minimum atomic E-state index is -1.16. The Bertz CT molecular complexity index is 222. The van der Waals surface area contributed by atoms with Crippen LogP contribution in [-0.4, -0.2) is 45.3 Å². The number of carbonyl (C=O) groups is 2. The Kier molecular flexibility index (Phi) is 4.97. The van der Waals surface area contributed by atoms with Crippen LogP contribution in [0.3, 0.4) is 0 Å². The molecule has 0 aliphatic rings. The number of hydrazine groups is 1. The van der Waals surface area contributed by atoms with Crippen molar-refractivity contribution in [1.29, 1.82) is 0 Å². The van der Waals surface area contributed by atoms with E-state index in [0.717, 1.165) is 0 Å². The van der Waals surface area contributed by atoms with Crippen LogP contribution in [0.25, 0.3) is 0 Å². The number of carboxylic acids is 2. The van der Waals surface area contributed by atoms with Gasteiger partial charge >= 0.3 is 11.9 Å². The van der Waals surface area contributed by atoms with E-state index in [1.165, 1.54) is 0 Å². The second-order valence-electron chi connectivity index (χ2n) is 2.48. The molecule has 0 amide bonds. The van der Waals surface area contributed by atoms with E-state index < -0.39 is 17.0 Å². The molecule has 0 unspecified atom stereocenters. The van der Waals surface area contributed by atoms with Crippen LogP contribution in [0, 0.1) is 10.1 Å². The lowest BCUT2D eigenvalue weighted by atomic mass is 10.4. The molecule has 0 aromatic carbocycles. The molecule has 0 spiro atoms. The molecule has 80 valence electrons. The highest BCUT2D eigenvalue weighted by molar-refractivity contribution is 5.67. The zero-order valence-electron chi connectivity index (χ0n) is 7.25. The van der Waals surface area contributed by atoms with Crippen LogP contribution in [0.15, 0.2) is 0 Å². The lowest BCUT2D eigenvalue weighted by molar-refractivity contribution is -0.655. The molecule has 0 aliphatic carbocycles. The van der Waals surface area contributed by atoms with Gasteiger partial charge in [-0.2, -0.15) is 0 Å². The molecular formula is C6H10N2O6. The van der Waals surface area contributed by atoms with Crippen molar-refractivity contribution in [2.24, 2.45) is 0 Å². The summed E-state index contributed by atoms with van der Waals surface area (Å²) in [5.41, 5.74) is 0. The van der Waals surface area contributed by atoms with Gasteiger partial charge in [-0.15, -0.1) is 5.01 Å². The van der Waals surface area contributed by atoms with Crippen LogP contribution in [0.4, 0.5) is 0 Å². The van der Waals surface area contributed by atoms with Gasteiger partial charge in [-0.1, -0.05) is 0 Å². The SMILES string of the molecule is O=C(O)CCN(CCC(=O)O)[N+](=O)[O-]. The number of rotatable bonds is 7. The molecule has 14 heavy (non-hydrogen) atoms. The van der Waals surface area contributed by atoms with Gasteiger partial charge in [-0.25, -0.2) is 10.1 Å². The lowest BCUT2D eigenvalue weighted by Gasteiger charge is -2.11. The number of hydrogen-bond acceptors (Lipinski definition) is 4. The molecule has 0 rings (SSSR count). The van der Waals surface area contributed by atoms with E-state index >= 15 is 0 Å². The van der Waals surface area contributed by atoms with E-state index in [2.05, 4.69) is 0 Å². The smallest absolute Gasteiger partial charge is 0.305 e. The molecule has 8 nitrogen and oxygen atoms in total. The average molecular weight is 206 g/mol. The Morgan fingerprint density at radius 2 is 1.50 bits per heavy atom. The fourth-order valence-corrected chi connectivity index (χ4v) is 0.725. The number of carboxylic acid groups (broad SMARTS) is 2. The molecule has 0 saturated carbocycles. The first-order valence-electron chi connectivity index (χ1n) is 3.76. The summed E-state index contributed by atoms with van der Waals surface area (Å²) < 4.78 is 0. The van der Waals surface area contributed by atoms with Crippen molar-refractivity contribution in [3.05, 3.63) is 10.1 Å². The van der Waals surface area contributed by atoms with Gasteiger partial charge in [0.1, 0.15) is 0 Å². The molecular weight excluding hydrogens is 196 g/mol. The molecule has 0 aromatic rings. The topological polar surface area (TPSA) is 121 Å². The second kappa shape index (κ2) is 5.73. The molecule has 0 atom stereocenters. The van der Waals surface area contributed by atoms with E-state index in [0.29, 0.717) is 5.01 Å². The minimum absolute atomic E-state index is 0.296. The fraction of sp³-hybridized carbons (Fsp3) is 0.667. The normalized spacial score (nSPS) is 9.43. The van der Waals surface area contributed by atoms with E-state index in [9.17, 15) is 19.7 Å². The second-order valence-corrected chi connectivity index (χ2v) is 2.48. The first kappa shape index (κ1) is 12.1. The van der Waals surface area contributed by atoms with Crippen LogP contribution in [0.1, 0.15) is 12.8 Å². The van der Waals surface area contributed by atoms with Crippen LogP contribution in [0.2, 0.25) is 0 Å². The molecule has 0 aromatic heterocycles. The molecule has 0 aliphatic heterocycles. The van der Waals surface area contributed by atoms with Crippen molar-refractivity contribution in [2.75, 3.05) is 13.1 Å². The summed E-state index contributed by atoms with van der Waals surface area (Å²) in [6.07, 6.45) is -0.777. The van der Waals surface area contributed by atoms with E-state index in [-0.39, 0.29) is 25.9 Å². The van der Waals surface area contributed by atoms with Crippen molar-refractivity contribution < 1.29 is 24.8 Å². The van der Waals surface area contributed by atoms with Crippen molar-refractivity contribution in [3.8, 4) is 0 Å². The third-order valence-corrected chi connectivity index (χ3v) is 1.40. The highest BCUT2D eigenvalue weighted by atomic mass is 16.7. The summed E-state index contributed by atoms with van der Waals surface area (Å²) >= 11 is 0. The quantitative estimate of drug-likeness (QED) is 0.422. The Balaban J connectivity index is 3.96. The maximum Gasteiger partial charge on any atom is 0.305 e. The van der Waals surface area contributed by atoms with E-state index in [1.807, 2.05) is 0 Å². The van der Waals surface area contributed by atoms with Gasteiger partial charge in [0.15, 0.2) is 5.03 Å². The van der Waals surface area contributed by atoms with Crippen molar-refractivity contribution in [2.45, 2.75) is 12.8 Å². The van der Waals surface area contributed by atoms with Crippen LogP contribution >= 0.6 is 0 Å². The largest absolute Gasteiger partial charge is 0.481 e. The third kappa shape index (κ3) is 5.75. The zero-order chi connectivity index (χ0) is 11.1. The van der Waals surface area contributed by atoms with Gasteiger partial charge in [0, 0.05) is 0 Å². The summed E-state index contributed by atoms with van der Waals surface area (Å²) in [5.74, 6) is -2.32. The van der Waals surface area contributed by atoms with Crippen molar-refractivity contribution >= 4 is 11.9 Å². The van der Waals surface area contributed by atoms with E-state index in [1.54, 1.807) is 0 Å². The molecule has 0 bridgehead atoms. The van der Waals surface area contributed by atoms with Gasteiger partial charge in [-0.3, -0.25) is 9.59 Å². The molecule has 0 heterocycles. The molecule has 8 heteroatoms. The van der Waals surface area contributed by atoms with Crippen molar-refractivity contribution in [3.63, 3.8) is 0 Å². The summed E-state index contributed by atoms with van der Waals surface area (Å²) in [5, 5.41) is 26.6. The number of nitrogens with zero attached hydrogens (tertiary/aromatic N) is 2. The molecule has 0 fully saturated rings. The Morgan fingerprint density at radius 1 is 1.14 bits per heavy atom. The standard InChI is InChI=1S/C6H10N2O6/c9-5(10)1-3-7(8(13)14)4-2-6(11)12/h1-4H2,(H,9,10)(H,11,12). The zero-order valence-corrected chi connectivity index (χ0v) is 7.25. The monoisotopic (exact) mass is 206 g/mol. The minimum Gasteiger partial charge on any atom is -0.481 e. The summed E-state index contributed by atoms with van der Waals surface area (Å²) in [4.78, 5) is 30.5. The fourth-order valence-electron chi connectivity index (χ4n) is 0.725. The molecule has 0 saturated heterocycles. The van der Waals surface area contributed by atoms with Gasteiger partial charge in [0.25, 0.3) is 0 Å². The van der Waals surface area contributed by atoms with Crippen LogP contribution < -0.4 is 0 Å². The Hall–Kier alpha value is -1.86. The van der Waals surface area contributed by atoms with Gasteiger partial charge in [0.05, 0.1) is 25.9 Å². The first-order valence-corrected chi connectivity index (χ1v) is 3.76. The van der Waals surface area contributed by atoms with Gasteiger partial charge < -0.3 is 10.2 Å². The van der Waals surface area contributed by atoms with Crippen LogP contribution in [0.5, 0.6) is 0 Å². The first-order chi connectivity index (χ1) is 6.43. The summed E-state index contributed by atoms with van der Waals surface area (Å²) in [6.45, 7) is -0.592. The van der Waals surface area contributed by atoms with Crippen LogP contribution in [-0.2, 0) is 9.59 Å². The summed E-state index contributed by atoms with van der Waals surface area (Å²) in [7, 11) is 0. The predicted molar refractivity (Wildman–Crippen MR) is 43.1 cm³/mol. The predicted octanol–water partition coefficient (Wildman–Crippen LogP) is -0.571. The highest BCUT2D eigenvalue weighted by Gasteiger charge is 2.16. The average Bonchev–Trinajstić information content (AvgIpc) is 2.02. The maximum absolute atomic E-state index is 10.3. The van der Waals surface area contributed by atoms with Gasteiger partial charge in [0.2, 0.25) is 0 Å². The molecule has 0 radical (unpaired) electrons. The van der Waals surface area contributed by atoms with Crippen molar-refractivity contribution in [1.82, 2.24) is 5.01 Å². The third-order valence-electron chi connectivity index (χ3n) is 1.40. The number of nitro groups is 1. The maximum atomic E-state index is 10.3. The number of hydrogen-bond donors (Lipinski definition) is 2. The van der Waals surface area contributed by atoms with E-state index in [4.69, 9.17) is 10.2 Å². The Morgan fingerprint density at radius 3 is 1.71 bits per heavy atom. The Labute approximate surface area is 78.9 Å². The highest BCUT2D eigenvalue weighted by Crippen LogP contribution is 1.94. The number of aliphatic carboxylic acids is 2. The lowest BCUT2D eigenvalue weighted by Crippen LogP contribution is -2.34. The van der Waals surface area contributed by atoms with Gasteiger partial charge in [-0.05, 0) is 0 Å². The summed E-state index contributed by atoms with van der Waals surface area (Å²) in [6, 6.07) is 0.